The SMILES string of the molecule is CC/C=C\C=C/CN(C1=CCC#CC=C1)C(c1ccccn1)N(c1ccccc1)c1ccccc1. The summed E-state index contributed by atoms with van der Waals surface area (Å²) in [4.78, 5) is 9.60. The summed E-state index contributed by atoms with van der Waals surface area (Å²) in [5.74, 6) is 6.31. The van der Waals surface area contributed by atoms with Crippen molar-refractivity contribution in [3.8, 4) is 11.8 Å². The van der Waals surface area contributed by atoms with Crippen molar-refractivity contribution >= 4 is 11.4 Å². The van der Waals surface area contributed by atoms with Crippen LogP contribution in [0.2, 0.25) is 0 Å². The van der Waals surface area contributed by atoms with E-state index in [1.165, 1.54) is 0 Å². The Labute approximate surface area is 209 Å². The predicted molar refractivity (Wildman–Crippen MR) is 147 cm³/mol. The third-order valence-corrected chi connectivity index (χ3v) is 5.67. The Morgan fingerprint density at radius 2 is 1.57 bits per heavy atom. The highest BCUT2D eigenvalue weighted by atomic mass is 15.4. The number of anilines is 2. The van der Waals surface area contributed by atoms with Gasteiger partial charge in [-0.25, -0.2) is 0 Å². The third kappa shape index (κ3) is 6.40. The first-order valence-electron chi connectivity index (χ1n) is 12.1. The molecule has 0 fully saturated rings. The second kappa shape index (κ2) is 12.8. The zero-order chi connectivity index (χ0) is 24.1. The number of hydrogen-bond acceptors (Lipinski definition) is 3. The molecular formula is C32H31N3. The zero-order valence-corrected chi connectivity index (χ0v) is 20.2. The van der Waals surface area contributed by atoms with Crippen LogP contribution in [0.15, 0.2) is 133 Å². The second-order valence-electron chi connectivity index (χ2n) is 8.07. The van der Waals surface area contributed by atoms with Gasteiger partial charge >= 0.3 is 0 Å². The first-order chi connectivity index (χ1) is 17.4. The highest BCUT2D eigenvalue weighted by Crippen LogP contribution is 2.38. The molecule has 4 rings (SSSR count). The Hall–Kier alpha value is -4.29. The molecule has 3 aromatic rings. The standard InChI is InChI=1S/C32H31N3/c1-2-3-4-7-18-27-34(28-19-10-5-6-11-20-28)32(31-25-16-17-26-33-31)35(29-21-12-8-13-22-29)30-23-14-9-15-24-30/h3-4,7-10,12-26,32H,2,11,27H2,1H3/b4-3-,18-7-. The fourth-order valence-electron chi connectivity index (χ4n) is 4.06. The van der Waals surface area contributed by atoms with Crippen molar-refractivity contribution in [2.24, 2.45) is 0 Å². The third-order valence-electron chi connectivity index (χ3n) is 5.67. The lowest BCUT2D eigenvalue weighted by Crippen LogP contribution is -2.39. The van der Waals surface area contributed by atoms with Crippen LogP contribution in [-0.2, 0) is 0 Å². The van der Waals surface area contributed by atoms with E-state index in [1.807, 2.05) is 18.3 Å². The van der Waals surface area contributed by atoms with Crippen molar-refractivity contribution in [2.75, 3.05) is 11.4 Å². The molecule has 35 heavy (non-hydrogen) atoms. The van der Waals surface area contributed by atoms with Gasteiger partial charge in [0.05, 0.1) is 5.69 Å². The van der Waals surface area contributed by atoms with Crippen molar-refractivity contribution in [1.82, 2.24) is 9.88 Å². The lowest BCUT2D eigenvalue weighted by Gasteiger charge is -2.42. The minimum atomic E-state index is -0.185. The molecule has 0 N–H and O–H groups in total. The highest BCUT2D eigenvalue weighted by Gasteiger charge is 2.30. The minimum Gasteiger partial charge on any atom is -0.342 e. The Morgan fingerprint density at radius 1 is 0.886 bits per heavy atom. The molecule has 2 aromatic carbocycles. The summed E-state index contributed by atoms with van der Waals surface area (Å²) >= 11 is 0. The molecule has 0 saturated heterocycles. The van der Waals surface area contributed by atoms with E-state index in [2.05, 4.69) is 138 Å². The Morgan fingerprint density at radius 3 is 2.23 bits per heavy atom. The average molecular weight is 458 g/mol. The van der Waals surface area contributed by atoms with Crippen LogP contribution in [0.1, 0.15) is 31.6 Å². The van der Waals surface area contributed by atoms with Crippen molar-refractivity contribution in [2.45, 2.75) is 25.9 Å². The van der Waals surface area contributed by atoms with E-state index >= 15 is 0 Å². The molecule has 0 radical (unpaired) electrons. The van der Waals surface area contributed by atoms with E-state index in [9.17, 15) is 0 Å². The van der Waals surface area contributed by atoms with E-state index in [4.69, 9.17) is 4.98 Å². The summed E-state index contributed by atoms with van der Waals surface area (Å²) in [6, 6.07) is 27.2. The maximum atomic E-state index is 4.84. The van der Waals surface area contributed by atoms with Crippen LogP contribution in [-0.4, -0.2) is 16.4 Å². The van der Waals surface area contributed by atoms with E-state index in [0.717, 1.165) is 29.2 Å². The fourth-order valence-corrected chi connectivity index (χ4v) is 4.06. The Balaban J connectivity index is 1.88. The molecule has 1 aliphatic rings. The number of para-hydroxylation sites is 2. The average Bonchev–Trinajstić information content (AvgIpc) is 3.21. The molecule has 3 nitrogen and oxygen atoms in total. The van der Waals surface area contributed by atoms with Crippen LogP contribution >= 0.6 is 0 Å². The lowest BCUT2D eigenvalue weighted by molar-refractivity contribution is 0.286. The molecule has 1 atom stereocenters. The van der Waals surface area contributed by atoms with Gasteiger partial charge in [0.1, 0.15) is 6.17 Å². The number of allylic oxidation sites excluding steroid dienone is 6. The second-order valence-corrected chi connectivity index (χ2v) is 8.07. The molecule has 1 aromatic heterocycles. The van der Waals surface area contributed by atoms with Gasteiger partial charge in [0.2, 0.25) is 0 Å². The molecule has 3 heteroatoms. The van der Waals surface area contributed by atoms with Gasteiger partial charge in [-0.3, -0.25) is 4.98 Å². The summed E-state index contributed by atoms with van der Waals surface area (Å²) in [7, 11) is 0. The number of nitrogens with zero attached hydrogens (tertiary/aromatic N) is 3. The molecule has 1 unspecified atom stereocenters. The van der Waals surface area contributed by atoms with Crippen LogP contribution < -0.4 is 4.90 Å². The number of pyridine rings is 1. The molecule has 1 aliphatic carbocycles. The van der Waals surface area contributed by atoms with Crippen LogP contribution in [0.5, 0.6) is 0 Å². The Kier molecular flexibility index (Phi) is 8.74. The number of aromatic nitrogens is 1. The summed E-state index contributed by atoms with van der Waals surface area (Å²) < 4.78 is 0. The number of hydrogen-bond donors (Lipinski definition) is 0. The number of benzene rings is 2. The first kappa shape index (κ1) is 23.9. The summed E-state index contributed by atoms with van der Waals surface area (Å²) in [5.41, 5.74) is 4.28. The summed E-state index contributed by atoms with van der Waals surface area (Å²) in [5, 5.41) is 0. The van der Waals surface area contributed by atoms with Crippen molar-refractivity contribution < 1.29 is 0 Å². The van der Waals surface area contributed by atoms with E-state index < -0.39 is 0 Å². The zero-order valence-electron chi connectivity index (χ0n) is 20.2. The van der Waals surface area contributed by atoms with Crippen LogP contribution in [0.3, 0.4) is 0 Å². The largest absolute Gasteiger partial charge is 0.342 e. The van der Waals surface area contributed by atoms with E-state index in [1.54, 1.807) is 0 Å². The molecule has 1 heterocycles. The van der Waals surface area contributed by atoms with Crippen LogP contribution in [0, 0.1) is 11.8 Å². The maximum absolute atomic E-state index is 4.84. The molecule has 174 valence electrons. The summed E-state index contributed by atoms with van der Waals surface area (Å²) in [6.07, 6.45) is 18.3. The van der Waals surface area contributed by atoms with E-state index in [0.29, 0.717) is 13.0 Å². The molecule has 0 aliphatic heterocycles. The molecule has 0 amide bonds. The van der Waals surface area contributed by atoms with Gasteiger partial charge < -0.3 is 9.80 Å². The van der Waals surface area contributed by atoms with E-state index in [-0.39, 0.29) is 6.17 Å². The normalized spacial score (nSPS) is 13.7. The van der Waals surface area contributed by atoms with Gasteiger partial charge in [0, 0.05) is 36.2 Å². The minimum absolute atomic E-state index is 0.185. The van der Waals surface area contributed by atoms with Crippen molar-refractivity contribution in [3.63, 3.8) is 0 Å². The van der Waals surface area contributed by atoms with Crippen molar-refractivity contribution in [3.05, 3.63) is 139 Å². The molecule has 0 bridgehead atoms. The first-order valence-corrected chi connectivity index (χ1v) is 12.1. The van der Waals surface area contributed by atoms with Gasteiger partial charge in [-0.1, -0.05) is 85.5 Å². The van der Waals surface area contributed by atoms with Gasteiger partial charge in [0.15, 0.2) is 0 Å². The molecule has 0 spiro atoms. The van der Waals surface area contributed by atoms with Gasteiger partial charge in [-0.15, -0.1) is 0 Å². The quantitative estimate of drug-likeness (QED) is 0.178. The number of rotatable bonds is 10. The van der Waals surface area contributed by atoms with Gasteiger partial charge in [-0.05, 0) is 61.0 Å². The Bertz CT molecular complexity index is 1190. The summed E-state index contributed by atoms with van der Waals surface area (Å²) in [6.45, 7) is 2.86. The fraction of sp³-hybridized carbons (Fsp3) is 0.156. The molecular weight excluding hydrogens is 426 g/mol. The predicted octanol–water partition coefficient (Wildman–Crippen LogP) is 7.59. The topological polar surface area (TPSA) is 19.4 Å². The molecule has 0 saturated carbocycles. The van der Waals surface area contributed by atoms with Crippen LogP contribution in [0.4, 0.5) is 11.4 Å². The maximum Gasteiger partial charge on any atom is 0.150 e. The monoisotopic (exact) mass is 457 g/mol. The van der Waals surface area contributed by atoms with Crippen LogP contribution in [0.25, 0.3) is 0 Å². The van der Waals surface area contributed by atoms with Gasteiger partial charge in [0.25, 0.3) is 0 Å². The smallest absolute Gasteiger partial charge is 0.150 e. The van der Waals surface area contributed by atoms with Crippen molar-refractivity contribution in [1.29, 1.82) is 0 Å². The highest BCUT2D eigenvalue weighted by molar-refractivity contribution is 5.64. The van der Waals surface area contributed by atoms with Gasteiger partial charge in [-0.2, -0.15) is 0 Å². The lowest BCUT2D eigenvalue weighted by atomic mass is 10.1.